The predicted molar refractivity (Wildman–Crippen MR) is 90.6 cm³/mol. The molecule has 0 aromatic heterocycles. The number of rotatable bonds is 8. The molecule has 3 nitrogen and oxygen atoms in total. The molecule has 0 radical (unpaired) electrons. The highest BCUT2D eigenvalue weighted by Crippen LogP contribution is 2.03. The quantitative estimate of drug-likeness (QED) is 0.736. The summed E-state index contributed by atoms with van der Waals surface area (Å²) in [6, 6.07) is 14.6. The lowest BCUT2D eigenvalue weighted by atomic mass is 10.1. The number of hydrogen-bond donors (Lipinski definition) is 2. The molecule has 0 spiro atoms. The molecule has 2 rings (SSSR count). The Hall–Kier alpha value is -2.20. The molecule has 2 aromatic carbocycles. The Balaban J connectivity index is 1.56. The molecular formula is C19H23FN2O. The van der Waals surface area contributed by atoms with Gasteiger partial charge in [0, 0.05) is 19.5 Å². The third-order valence-corrected chi connectivity index (χ3v) is 3.64. The molecule has 0 aliphatic carbocycles. The van der Waals surface area contributed by atoms with Gasteiger partial charge >= 0.3 is 0 Å². The van der Waals surface area contributed by atoms with Crippen molar-refractivity contribution < 1.29 is 9.18 Å². The fraction of sp³-hybridized carbons (Fsp3) is 0.316. The predicted octanol–water partition coefficient (Wildman–Crippen LogP) is 2.97. The maximum Gasteiger partial charge on any atom is 0.221 e. The summed E-state index contributed by atoms with van der Waals surface area (Å²) in [5.41, 5.74) is 3.40. The number of benzene rings is 2. The third kappa shape index (κ3) is 6.61. The monoisotopic (exact) mass is 314 g/mol. The van der Waals surface area contributed by atoms with Crippen LogP contribution in [0.15, 0.2) is 48.5 Å². The zero-order chi connectivity index (χ0) is 16.5. The summed E-state index contributed by atoms with van der Waals surface area (Å²) in [7, 11) is 0. The Morgan fingerprint density at radius 3 is 2.30 bits per heavy atom. The first-order valence-electron chi connectivity index (χ1n) is 7.91. The molecule has 0 atom stereocenters. The number of halogens is 1. The molecule has 0 saturated carbocycles. The van der Waals surface area contributed by atoms with Crippen LogP contribution < -0.4 is 10.6 Å². The molecule has 1 amide bonds. The molecule has 0 aliphatic heterocycles. The van der Waals surface area contributed by atoms with Gasteiger partial charge in [0.05, 0.1) is 0 Å². The Labute approximate surface area is 136 Å². The Morgan fingerprint density at radius 2 is 1.61 bits per heavy atom. The van der Waals surface area contributed by atoms with Gasteiger partial charge in [0.2, 0.25) is 5.91 Å². The highest BCUT2D eigenvalue weighted by molar-refractivity contribution is 5.76. The molecule has 0 bridgehead atoms. The Kier molecular flexibility index (Phi) is 6.76. The Bertz CT molecular complexity index is 608. The lowest BCUT2D eigenvalue weighted by Gasteiger charge is -2.07. The fourth-order valence-corrected chi connectivity index (χ4v) is 2.21. The highest BCUT2D eigenvalue weighted by atomic mass is 19.1. The van der Waals surface area contributed by atoms with E-state index in [1.165, 1.54) is 17.7 Å². The summed E-state index contributed by atoms with van der Waals surface area (Å²) in [5, 5.41) is 6.14. The van der Waals surface area contributed by atoms with E-state index in [-0.39, 0.29) is 11.7 Å². The number of aryl methyl sites for hydroxylation is 1. The van der Waals surface area contributed by atoms with E-state index in [4.69, 9.17) is 0 Å². The first-order chi connectivity index (χ1) is 11.1. The van der Waals surface area contributed by atoms with E-state index in [1.807, 2.05) is 31.2 Å². The van der Waals surface area contributed by atoms with Crippen LogP contribution in [-0.2, 0) is 17.8 Å². The zero-order valence-corrected chi connectivity index (χ0v) is 13.4. The number of hydrogen-bond acceptors (Lipinski definition) is 2. The van der Waals surface area contributed by atoms with Crippen LogP contribution in [-0.4, -0.2) is 19.0 Å². The van der Waals surface area contributed by atoms with E-state index in [0.29, 0.717) is 19.5 Å². The minimum Gasteiger partial charge on any atom is -0.352 e. The van der Waals surface area contributed by atoms with Gasteiger partial charge in [0.15, 0.2) is 0 Å². The maximum atomic E-state index is 12.8. The van der Waals surface area contributed by atoms with Crippen molar-refractivity contribution in [3.63, 3.8) is 0 Å². The molecule has 23 heavy (non-hydrogen) atoms. The van der Waals surface area contributed by atoms with Gasteiger partial charge in [-0.25, -0.2) is 4.39 Å². The first kappa shape index (κ1) is 17.2. The van der Waals surface area contributed by atoms with Gasteiger partial charge in [-0.05, 0) is 43.1 Å². The molecule has 0 saturated heterocycles. The minimum absolute atomic E-state index is 0.0415. The van der Waals surface area contributed by atoms with Crippen molar-refractivity contribution in [1.82, 2.24) is 10.6 Å². The maximum absolute atomic E-state index is 12.8. The minimum atomic E-state index is -0.216. The van der Waals surface area contributed by atoms with E-state index in [9.17, 15) is 9.18 Å². The van der Waals surface area contributed by atoms with Gasteiger partial charge in [0.1, 0.15) is 5.82 Å². The van der Waals surface area contributed by atoms with Crippen LogP contribution in [0, 0.1) is 12.7 Å². The number of carbonyl (C=O) groups excluding carboxylic acids is 1. The number of nitrogens with one attached hydrogen (secondary N) is 2. The second-order valence-corrected chi connectivity index (χ2v) is 5.64. The zero-order valence-electron chi connectivity index (χ0n) is 13.4. The van der Waals surface area contributed by atoms with Crippen LogP contribution >= 0.6 is 0 Å². The molecular weight excluding hydrogens is 291 g/mol. The molecule has 4 heteroatoms. The number of carbonyl (C=O) groups is 1. The van der Waals surface area contributed by atoms with E-state index < -0.39 is 0 Å². The summed E-state index contributed by atoms with van der Waals surface area (Å²) < 4.78 is 12.8. The van der Waals surface area contributed by atoms with Gasteiger partial charge in [-0.3, -0.25) is 4.79 Å². The molecule has 2 N–H and O–H groups in total. The van der Waals surface area contributed by atoms with Crippen molar-refractivity contribution in [3.05, 3.63) is 71.0 Å². The number of amides is 1. The van der Waals surface area contributed by atoms with Crippen LogP contribution in [0.25, 0.3) is 0 Å². The summed E-state index contributed by atoms with van der Waals surface area (Å²) in [4.78, 5) is 11.8. The largest absolute Gasteiger partial charge is 0.352 e. The molecule has 0 fully saturated rings. The van der Waals surface area contributed by atoms with Crippen molar-refractivity contribution in [2.24, 2.45) is 0 Å². The fourth-order valence-electron chi connectivity index (χ4n) is 2.21. The lowest BCUT2D eigenvalue weighted by molar-refractivity contribution is -0.121. The van der Waals surface area contributed by atoms with E-state index in [0.717, 1.165) is 24.1 Å². The van der Waals surface area contributed by atoms with Crippen molar-refractivity contribution in [1.29, 1.82) is 0 Å². The first-order valence-corrected chi connectivity index (χ1v) is 7.91. The van der Waals surface area contributed by atoms with Crippen molar-refractivity contribution in [3.8, 4) is 0 Å². The van der Waals surface area contributed by atoms with Gasteiger partial charge < -0.3 is 10.6 Å². The third-order valence-electron chi connectivity index (χ3n) is 3.64. The molecule has 0 aliphatic rings. The normalized spacial score (nSPS) is 10.5. The average Bonchev–Trinajstić information content (AvgIpc) is 2.56. The van der Waals surface area contributed by atoms with Gasteiger partial charge in [0.25, 0.3) is 0 Å². The molecule has 0 heterocycles. The SMILES string of the molecule is Cc1ccc(CNC(=O)CCNCCc2ccc(F)cc2)cc1. The summed E-state index contributed by atoms with van der Waals surface area (Å²) >= 11 is 0. The van der Waals surface area contributed by atoms with Crippen LogP contribution in [0.3, 0.4) is 0 Å². The van der Waals surface area contributed by atoms with E-state index in [1.54, 1.807) is 12.1 Å². The summed E-state index contributed by atoms with van der Waals surface area (Å²) in [5.74, 6) is -0.174. The second kappa shape index (κ2) is 9.06. The van der Waals surface area contributed by atoms with Crippen LogP contribution in [0.5, 0.6) is 0 Å². The second-order valence-electron chi connectivity index (χ2n) is 5.64. The van der Waals surface area contributed by atoms with Crippen molar-refractivity contribution in [2.75, 3.05) is 13.1 Å². The smallest absolute Gasteiger partial charge is 0.221 e. The molecule has 0 unspecified atom stereocenters. The van der Waals surface area contributed by atoms with E-state index in [2.05, 4.69) is 10.6 Å². The van der Waals surface area contributed by atoms with Crippen LogP contribution in [0.2, 0.25) is 0 Å². The highest BCUT2D eigenvalue weighted by Gasteiger charge is 2.01. The van der Waals surface area contributed by atoms with Gasteiger partial charge in [-0.1, -0.05) is 42.0 Å². The molecule has 122 valence electrons. The standard InChI is InChI=1S/C19H23FN2O/c1-15-2-4-17(5-3-15)14-22-19(23)11-13-21-12-10-16-6-8-18(20)9-7-16/h2-9,21H,10-14H2,1H3,(H,22,23). The van der Waals surface area contributed by atoms with Gasteiger partial charge in [-0.2, -0.15) is 0 Å². The van der Waals surface area contributed by atoms with Crippen LogP contribution in [0.4, 0.5) is 4.39 Å². The van der Waals surface area contributed by atoms with Crippen molar-refractivity contribution in [2.45, 2.75) is 26.3 Å². The Morgan fingerprint density at radius 1 is 0.957 bits per heavy atom. The van der Waals surface area contributed by atoms with Gasteiger partial charge in [-0.15, -0.1) is 0 Å². The summed E-state index contributed by atoms with van der Waals surface area (Å²) in [6.45, 7) is 4.02. The van der Waals surface area contributed by atoms with Crippen LogP contribution in [0.1, 0.15) is 23.1 Å². The molecule has 2 aromatic rings. The lowest BCUT2D eigenvalue weighted by Crippen LogP contribution is -2.28. The summed E-state index contributed by atoms with van der Waals surface area (Å²) in [6.07, 6.45) is 1.28. The van der Waals surface area contributed by atoms with E-state index >= 15 is 0 Å². The average molecular weight is 314 g/mol. The topological polar surface area (TPSA) is 41.1 Å². The van der Waals surface area contributed by atoms with Crippen molar-refractivity contribution >= 4 is 5.91 Å².